The summed E-state index contributed by atoms with van der Waals surface area (Å²) in [6.07, 6.45) is 4.73. The number of nitrogens with zero attached hydrogens (tertiary/aromatic N) is 5. The normalized spacial score (nSPS) is 21.9. The Kier molecular flexibility index (Phi) is 8.96. The number of primary amides is 1. The summed E-state index contributed by atoms with van der Waals surface area (Å²) >= 11 is 0. The fourth-order valence-corrected chi connectivity index (χ4v) is 6.83. The Morgan fingerprint density at radius 2 is 1.74 bits per heavy atom. The molecule has 226 valence electrons. The van der Waals surface area contributed by atoms with E-state index in [-0.39, 0.29) is 29.8 Å². The Morgan fingerprint density at radius 3 is 2.45 bits per heavy atom. The number of amides is 3. The Morgan fingerprint density at radius 1 is 1.02 bits per heavy atom. The number of likely N-dealkylation sites (tertiary alicyclic amines) is 2. The maximum Gasteiger partial charge on any atom is 0.405 e. The van der Waals surface area contributed by atoms with Gasteiger partial charge in [0.2, 0.25) is 5.91 Å². The molecule has 0 aliphatic carbocycles. The van der Waals surface area contributed by atoms with Crippen LogP contribution in [0, 0.1) is 5.92 Å². The van der Waals surface area contributed by atoms with Crippen LogP contribution in [-0.2, 0) is 22.5 Å². The van der Waals surface area contributed by atoms with Gasteiger partial charge in [-0.25, -0.2) is 14.8 Å². The minimum atomic E-state index is -0.770. The molecule has 1 aromatic heterocycles. The van der Waals surface area contributed by atoms with Gasteiger partial charge >= 0.3 is 6.09 Å². The van der Waals surface area contributed by atoms with Crippen molar-refractivity contribution in [3.8, 4) is 0 Å². The van der Waals surface area contributed by atoms with Crippen LogP contribution < -0.4 is 11.1 Å². The van der Waals surface area contributed by atoms with E-state index in [1.165, 1.54) is 17.5 Å². The third-order valence-corrected chi connectivity index (χ3v) is 8.95. The summed E-state index contributed by atoms with van der Waals surface area (Å²) in [6, 6.07) is 10.6. The van der Waals surface area contributed by atoms with Gasteiger partial charge in [-0.1, -0.05) is 24.3 Å². The van der Waals surface area contributed by atoms with Crippen LogP contribution in [0.4, 0.5) is 10.6 Å². The minimum Gasteiger partial charge on any atom is -0.444 e. The minimum absolute atomic E-state index is 0.0951. The molecule has 3 N–H and O–H groups in total. The van der Waals surface area contributed by atoms with Crippen molar-refractivity contribution in [1.29, 1.82) is 0 Å². The van der Waals surface area contributed by atoms with Crippen molar-refractivity contribution < 1.29 is 19.1 Å². The molecule has 11 heteroatoms. The number of benzene rings is 1. The quantitative estimate of drug-likeness (QED) is 0.513. The molecule has 5 rings (SSSR count). The lowest BCUT2D eigenvalue weighted by Gasteiger charge is -2.47. The van der Waals surface area contributed by atoms with Crippen LogP contribution in [-0.4, -0.2) is 93.0 Å². The molecule has 0 bridgehead atoms. The summed E-state index contributed by atoms with van der Waals surface area (Å²) in [5, 5.41) is 3.44. The van der Waals surface area contributed by atoms with E-state index in [4.69, 9.17) is 10.5 Å². The fraction of sp³-hybridized carbons (Fsp3) is 0.581. The first-order chi connectivity index (χ1) is 20.1. The van der Waals surface area contributed by atoms with Crippen LogP contribution >= 0.6 is 0 Å². The van der Waals surface area contributed by atoms with Crippen molar-refractivity contribution in [3.63, 3.8) is 0 Å². The van der Waals surface area contributed by atoms with Gasteiger partial charge in [0.25, 0.3) is 5.91 Å². The zero-order chi connectivity index (χ0) is 29.9. The van der Waals surface area contributed by atoms with Crippen molar-refractivity contribution in [1.82, 2.24) is 24.7 Å². The fourth-order valence-electron chi connectivity index (χ4n) is 6.83. The second-order valence-corrected chi connectivity index (χ2v) is 12.5. The van der Waals surface area contributed by atoms with Crippen LogP contribution in [0.25, 0.3) is 0 Å². The lowest BCUT2D eigenvalue weighted by molar-refractivity contribution is -0.129. The van der Waals surface area contributed by atoms with Crippen molar-refractivity contribution in [3.05, 3.63) is 53.5 Å². The van der Waals surface area contributed by atoms with Gasteiger partial charge in [-0.2, -0.15) is 0 Å². The van der Waals surface area contributed by atoms with Crippen molar-refractivity contribution in [2.45, 2.75) is 77.1 Å². The summed E-state index contributed by atoms with van der Waals surface area (Å²) in [7, 11) is 0. The number of rotatable bonds is 7. The molecule has 2 aromatic rings. The predicted molar refractivity (Wildman–Crippen MR) is 159 cm³/mol. The Balaban J connectivity index is 1.29. The van der Waals surface area contributed by atoms with E-state index >= 15 is 0 Å². The van der Waals surface area contributed by atoms with Crippen LogP contribution in [0.2, 0.25) is 0 Å². The Hall–Kier alpha value is -3.73. The molecule has 0 saturated carbocycles. The summed E-state index contributed by atoms with van der Waals surface area (Å²) in [5.41, 5.74) is 7.73. The average Bonchev–Trinajstić information content (AvgIpc) is 2.96. The highest BCUT2D eigenvalue weighted by molar-refractivity contribution is 5.93. The molecule has 0 spiro atoms. The SMILES string of the molecule is CC(=O)N1CCC(Nc2cc(C(=O)N3CC[C@@H](CC(C)(C)OC(N)=O)[C@H](N4CCc5ccccc5C4)C3)ncn2)CC1. The second-order valence-electron chi connectivity index (χ2n) is 12.5. The number of piperidine rings is 2. The van der Waals surface area contributed by atoms with E-state index in [9.17, 15) is 14.4 Å². The maximum atomic E-state index is 13.8. The predicted octanol–water partition coefficient (Wildman–Crippen LogP) is 3.05. The zero-order valence-electron chi connectivity index (χ0n) is 24.9. The first kappa shape index (κ1) is 29.8. The van der Waals surface area contributed by atoms with Gasteiger partial charge in [0.05, 0.1) is 0 Å². The smallest absolute Gasteiger partial charge is 0.405 e. The second kappa shape index (κ2) is 12.6. The molecule has 11 nitrogen and oxygen atoms in total. The largest absolute Gasteiger partial charge is 0.444 e. The lowest BCUT2D eigenvalue weighted by Crippen LogP contribution is -2.56. The standard InChI is InChI=1S/C31H43N7O4/c1-21(39)36-14-10-25(11-15-36)35-28-16-26(33-20-34-28)29(40)38-13-9-23(17-31(2,3)42-30(32)41)27(19-38)37-12-8-22-6-4-5-7-24(22)18-37/h4-7,16,20,23,25,27H,8-15,17-19H2,1-3H3,(H2,32,41)(H,33,34,35)/t23-,27+/m0/s1. The summed E-state index contributed by atoms with van der Waals surface area (Å²) in [5.74, 6) is 0.833. The highest BCUT2D eigenvalue weighted by Crippen LogP contribution is 2.34. The number of ether oxygens (including phenoxy) is 1. The first-order valence-corrected chi connectivity index (χ1v) is 15.0. The van der Waals surface area contributed by atoms with E-state index in [1.54, 1.807) is 13.0 Å². The zero-order valence-corrected chi connectivity index (χ0v) is 24.9. The summed E-state index contributed by atoms with van der Waals surface area (Å²) in [6.45, 7) is 9.70. The molecule has 2 fully saturated rings. The van der Waals surface area contributed by atoms with Gasteiger partial charge in [-0.05, 0) is 63.0 Å². The molecule has 0 unspecified atom stereocenters. The van der Waals surface area contributed by atoms with E-state index in [1.807, 2.05) is 23.6 Å². The highest BCUT2D eigenvalue weighted by atomic mass is 16.6. The van der Waals surface area contributed by atoms with Crippen molar-refractivity contribution in [2.24, 2.45) is 11.7 Å². The van der Waals surface area contributed by atoms with Crippen LogP contribution in [0.5, 0.6) is 0 Å². The van der Waals surface area contributed by atoms with Crippen LogP contribution in [0.15, 0.2) is 36.7 Å². The average molecular weight is 578 g/mol. The number of carbonyl (C=O) groups is 3. The molecule has 2 saturated heterocycles. The number of anilines is 1. The van der Waals surface area contributed by atoms with E-state index in [0.717, 1.165) is 38.8 Å². The lowest BCUT2D eigenvalue weighted by atomic mass is 9.81. The van der Waals surface area contributed by atoms with Gasteiger partial charge in [-0.15, -0.1) is 0 Å². The summed E-state index contributed by atoms with van der Waals surface area (Å²) in [4.78, 5) is 52.0. The monoisotopic (exact) mass is 577 g/mol. The third kappa shape index (κ3) is 7.18. The summed E-state index contributed by atoms with van der Waals surface area (Å²) < 4.78 is 5.47. The number of aromatic nitrogens is 2. The number of fused-ring (bicyclic) bond motifs is 1. The molecule has 42 heavy (non-hydrogen) atoms. The topological polar surface area (TPSA) is 134 Å². The van der Waals surface area contributed by atoms with Crippen LogP contribution in [0.3, 0.4) is 0 Å². The molecule has 0 radical (unpaired) electrons. The van der Waals surface area contributed by atoms with Gasteiger partial charge in [-0.3, -0.25) is 14.5 Å². The van der Waals surface area contributed by atoms with Crippen molar-refractivity contribution >= 4 is 23.7 Å². The molecule has 2 atom stereocenters. The molecule has 3 aliphatic heterocycles. The van der Waals surface area contributed by atoms with Gasteiger partial charge in [0.15, 0.2) is 0 Å². The van der Waals surface area contributed by atoms with Crippen LogP contribution in [0.1, 0.15) is 68.1 Å². The maximum absolute atomic E-state index is 13.8. The van der Waals surface area contributed by atoms with Gasteiger partial charge in [0.1, 0.15) is 23.4 Å². The van der Waals surface area contributed by atoms with Gasteiger partial charge < -0.3 is 25.6 Å². The molecule has 1 aromatic carbocycles. The number of nitrogens with two attached hydrogens (primary N) is 1. The molecular weight excluding hydrogens is 534 g/mol. The Bertz CT molecular complexity index is 1290. The number of carbonyl (C=O) groups excluding carboxylic acids is 3. The third-order valence-electron chi connectivity index (χ3n) is 8.95. The van der Waals surface area contributed by atoms with E-state index in [0.29, 0.717) is 44.1 Å². The van der Waals surface area contributed by atoms with Crippen molar-refractivity contribution in [2.75, 3.05) is 38.0 Å². The number of nitrogens with one attached hydrogen (secondary N) is 1. The molecular formula is C31H43N7O4. The highest BCUT2D eigenvalue weighted by Gasteiger charge is 2.40. The van der Waals surface area contributed by atoms with Gasteiger partial charge in [0, 0.05) is 64.3 Å². The number of hydrogen-bond donors (Lipinski definition) is 2. The molecule has 3 aliphatic rings. The molecule has 4 heterocycles. The molecule has 3 amide bonds. The number of hydrogen-bond acceptors (Lipinski definition) is 8. The van der Waals surface area contributed by atoms with E-state index < -0.39 is 11.7 Å². The first-order valence-electron chi connectivity index (χ1n) is 15.0. The Labute approximate surface area is 247 Å². The van der Waals surface area contributed by atoms with E-state index in [2.05, 4.69) is 44.5 Å².